The first kappa shape index (κ1) is 10.3. The van der Waals surface area contributed by atoms with Crippen molar-refractivity contribution in [3.05, 3.63) is 27.0 Å². The molecule has 14 heavy (non-hydrogen) atoms. The molecule has 0 aliphatic heterocycles. The summed E-state index contributed by atoms with van der Waals surface area (Å²) in [6.07, 6.45) is 1.93. The van der Waals surface area contributed by atoms with Crippen molar-refractivity contribution in [3.63, 3.8) is 0 Å². The van der Waals surface area contributed by atoms with E-state index in [9.17, 15) is 0 Å². The van der Waals surface area contributed by atoms with Gasteiger partial charge in [-0.3, -0.25) is 0 Å². The zero-order valence-corrected chi connectivity index (χ0v) is 10.8. The first-order valence-electron chi connectivity index (χ1n) is 4.13. The molecule has 2 heterocycles. The Balaban J connectivity index is 2.24. The molecule has 0 aromatic carbocycles. The van der Waals surface area contributed by atoms with E-state index in [0.29, 0.717) is 0 Å². The van der Waals surface area contributed by atoms with Gasteiger partial charge in [-0.15, -0.1) is 22.7 Å². The minimum atomic E-state index is 0.893. The first-order valence-corrected chi connectivity index (χ1v) is 6.62. The van der Waals surface area contributed by atoms with E-state index in [1.54, 1.807) is 22.7 Å². The van der Waals surface area contributed by atoms with Gasteiger partial charge in [-0.05, 0) is 29.0 Å². The van der Waals surface area contributed by atoms with Gasteiger partial charge in [0, 0.05) is 27.5 Å². The highest BCUT2D eigenvalue weighted by Crippen LogP contribution is 2.32. The van der Waals surface area contributed by atoms with Crippen LogP contribution in [-0.2, 0) is 6.54 Å². The van der Waals surface area contributed by atoms with Gasteiger partial charge in [0.05, 0.1) is 4.88 Å². The average Bonchev–Trinajstić information content (AvgIpc) is 2.74. The Morgan fingerprint density at radius 1 is 1.57 bits per heavy atom. The number of nitrogens with one attached hydrogen (secondary N) is 1. The molecule has 0 aliphatic rings. The number of hydrogen-bond acceptors (Lipinski definition) is 4. The van der Waals surface area contributed by atoms with Crippen LogP contribution >= 0.6 is 38.6 Å². The summed E-state index contributed by atoms with van der Waals surface area (Å²) in [6.45, 7) is 0.893. The summed E-state index contributed by atoms with van der Waals surface area (Å²) < 4.78 is 1.13. The fourth-order valence-electron chi connectivity index (χ4n) is 1.10. The van der Waals surface area contributed by atoms with Gasteiger partial charge in [-0.2, -0.15) is 0 Å². The largest absolute Gasteiger partial charge is 0.315 e. The van der Waals surface area contributed by atoms with Gasteiger partial charge < -0.3 is 5.32 Å². The lowest BCUT2D eigenvalue weighted by molar-refractivity contribution is 0.829. The summed E-state index contributed by atoms with van der Waals surface area (Å²) in [5, 5.41) is 6.30. The molecule has 0 aliphatic carbocycles. The van der Waals surface area contributed by atoms with E-state index in [1.165, 1.54) is 9.75 Å². The molecule has 74 valence electrons. The van der Waals surface area contributed by atoms with E-state index >= 15 is 0 Å². The van der Waals surface area contributed by atoms with Gasteiger partial charge in [0.15, 0.2) is 0 Å². The molecule has 1 N–H and O–H groups in total. The highest BCUT2D eigenvalue weighted by atomic mass is 79.9. The van der Waals surface area contributed by atoms with Crippen molar-refractivity contribution in [1.82, 2.24) is 10.3 Å². The lowest BCUT2D eigenvalue weighted by Gasteiger charge is -1.90. The number of thiophene rings is 1. The molecule has 0 amide bonds. The molecule has 2 rings (SSSR count). The molecule has 2 aromatic heterocycles. The number of aromatic nitrogens is 1. The number of thiazole rings is 1. The number of rotatable bonds is 3. The Morgan fingerprint density at radius 3 is 3.07 bits per heavy atom. The normalized spacial score (nSPS) is 10.7. The quantitative estimate of drug-likeness (QED) is 0.937. The minimum absolute atomic E-state index is 0.893. The van der Waals surface area contributed by atoms with Crippen molar-refractivity contribution in [2.24, 2.45) is 0 Å². The molecular formula is C9H9BrN2S2. The lowest BCUT2D eigenvalue weighted by atomic mass is 10.5. The summed E-state index contributed by atoms with van der Waals surface area (Å²) in [4.78, 5) is 6.88. The average molecular weight is 289 g/mol. The second-order valence-corrected chi connectivity index (χ2v) is 5.73. The van der Waals surface area contributed by atoms with Crippen molar-refractivity contribution >= 4 is 38.6 Å². The van der Waals surface area contributed by atoms with Crippen LogP contribution in [0.3, 0.4) is 0 Å². The third-order valence-corrected chi connectivity index (χ3v) is 4.54. The topological polar surface area (TPSA) is 24.9 Å². The Bertz CT molecular complexity index is 422. The summed E-state index contributed by atoms with van der Waals surface area (Å²) in [6, 6.07) is 2.10. The number of halogens is 1. The first-order chi connectivity index (χ1) is 6.79. The van der Waals surface area contributed by atoms with E-state index < -0.39 is 0 Å². The highest BCUT2D eigenvalue weighted by Gasteiger charge is 2.06. The fourth-order valence-corrected chi connectivity index (χ4v) is 3.52. The highest BCUT2D eigenvalue weighted by molar-refractivity contribution is 9.10. The molecule has 0 saturated heterocycles. The van der Waals surface area contributed by atoms with Crippen molar-refractivity contribution in [2.45, 2.75) is 6.54 Å². The molecule has 2 aromatic rings. The molecule has 5 heteroatoms. The molecule has 0 atom stereocenters. The van der Waals surface area contributed by atoms with Crippen molar-refractivity contribution in [3.8, 4) is 9.88 Å². The summed E-state index contributed by atoms with van der Waals surface area (Å²) in [7, 11) is 1.95. The van der Waals surface area contributed by atoms with Gasteiger partial charge in [-0.1, -0.05) is 0 Å². The molecule has 0 spiro atoms. The van der Waals surface area contributed by atoms with Crippen molar-refractivity contribution < 1.29 is 0 Å². The van der Waals surface area contributed by atoms with Gasteiger partial charge in [0.1, 0.15) is 5.01 Å². The van der Waals surface area contributed by atoms with Crippen LogP contribution in [0.1, 0.15) is 4.88 Å². The molecule has 0 fully saturated rings. The zero-order valence-electron chi connectivity index (χ0n) is 7.58. The van der Waals surface area contributed by atoms with Crippen LogP contribution in [0.15, 0.2) is 22.1 Å². The zero-order chi connectivity index (χ0) is 9.97. The Labute approximate surface area is 99.1 Å². The number of nitrogens with zero attached hydrogens (tertiary/aromatic N) is 1. The second kappa shape index (κ2) is 4.53. The SMILES string of the molecule is CNCc1cnc(-c2cc(Br)cs2)s1. The van der Waals surface area contributed by atoms with Crippen LogP contribution < -0.4 is 5.32 Å². The van der Waals surface area contributed by atoms with Crippen LogP contribution in [0.4, 0.5) is 0 Å². The third kappa shape index (κ3) is 2.23. The summed E-state index contributed by atoms with van der Waals surface area (Å²) >= 11 is 6.90. The lowest BCUT2D eigenvalue weighted by Crippen LogP contribution is -2.02. The molecule has 0 bridgehead atoms. The van der Waals surface area contributed by atoms with Crippen LogP contribution in [-0.4, -0.2) is 12.0 Å². The van der Waals surface area contributed by atoms with E-state index in [-0.39, 0.29) is 0 Å². The van der Waals surface area contributed by atoms with E-state index in [2.05, 4.69) is 37.7 Å². The third-order valence-electron chi connectivity index (χ3n) is 1.68. The predicted molar refractivity (Wildman–Crippen MR) is 65.9 cm³/mol. The van der Waals surface area contributed by atoms with Crippen LogP contribution in [0.25, 0.3) is 9.88 Å². The maximum Gasteiger partial charge on any atom is 0.133 e. The van der Waals surface area contributed by atoms with E-state index in [0.717, 1.165) is 16.0 Å². The molecular weight excluding hydrogens is 280 g/mol. The Hall–Kier alpha value is -0.230. The van der Waals surface area contributed by atoms with Crippen LogP contribution in [0.5, 0.6) is 0 Å². The van der Waals surface area contributed by atoms with Crippen molar-refractivity contribution in [1.29, 1.82) is 0 Å². The van der Waals surface area contributed by atoms with E-state index in [1.807, 2.05) is 13.2 Å². The maximum atomic E-state index is 4.39. The second-order valence-electron chi connectivity index (χ2n) is 2.79. The minimum Gasteiger partial charge on any atom is -0.315 e. The number of hydrogen-bond donors (Lipinski definition) is 1. The Morgan fingerprint density at radius 2 is 2.43 bits per heavy atom. The monoisotopic (exact) mass is 288 g/mol. The van der Waals surface area contributed by atoms with Gasteiger partial charge in [-0.25, -0.2) is 4.98 Å². The molecule has 0 saturated carbocycles. The predicted octanol–water partition coefficient (Wildman–Crippen LogP) is 3.35. The van der Waals surface area contributed by atoms with E-state index in [4.69, 9.17) is 0 Å². The summed E-state index contributed by atoms with van der Waals surface area (Å²) in [5.41, 5.74) is 0. The van der Waals surface area contributed by atoms with Gasteiger partial charge in [0.25, 0.3) is 0 Å². The molecule has 2 nitrogen and oxygen atoms in total. The summed E-state index contributed by atoms with van der Waals surface area (Å²) in [5.74, 6) is 0. The Kier molecular flexibility index (Phi) is 3.33. The molecule has 0 radical (unpaired) electrons. The molecule has 0 unspecified atom stereocenters. The smallest absolute Gasteiger partial charge is 0.133 e. The van der Waals surface area contributed by atoms with Gasteiger partial charge in [0.2, 0.25) is 0 Å². The van der Waals surface area contributed by atoms with Crippen molar-refractivity contribution in [2.75, 3.05) is 7.05 Å². The maximum absolute atomic E-state index is 4.39. The fraction of sp³-hybridized carbons (Fsp3) is 0.222. The van der Waals surface area contributed by atoms with Crippen LogP contribution in [0, 0.1) is 0 Å². The van der Waals surface area contributed by atoms with Crippen LogP contribution in [0.2, 0.25) is 0 Å². The van der Waals surface area contributed by atoms with Gasteiger partial charge >= 0.3 is 0 Å². The standard InChI is InChI=1S/C9H9BrN2S2/c1-11-3-7-4-12-9(14-7)8-2-6(10)5-13-8/h2,4-5,11H,3H2,1H3.